The van der Waals surface area contributed by atoms with Crippen molar-refractivity contribution < 1.29 is 14.3 Å². The summed E-state index contributed by atoms with van der Waals surface area (Å²) >= 11 is 0. The SMILES string of the molecule is COC(=O)[C@H](C(C)C)N1CN(c2ccc(C)cc2)C(=O)[C@H]1[C]1[CH][CH][CH][CH]1. The van der Waals surface area contributed by atoms with Crippen molar-refractivity contribution >= 4 is 17.6 Å². The third-order valence-electron chi connectivity index (χ3n) is 4.92. The standard InChI is InChI=1S/C21H25N2O3/c1-14(2)18(21(25)26-4)23-13-22(17-11-9-15(3)10-12-17)20(24)19(23)16-7-5-6-8-16/h5-12,14,18-19H,13H2,1-4H3/t18-,19+/m0/s1. The van der Waals surface area contributed by atoms with Crippen molar-refractivity contribution in [2.45, 2.75) is 32.9 Å². The van der Waals surface area contributed by atoms with Gasteiger partial charge in [-0.2, -0.15) is 0 Å². The minimum Gasteiger partial charge on any atom is -0.468 e. The monoisotopic (exact) mass is 353 g/mol. The quantitative estimate of drug-likeness (QED) is 0.764. The van der Waals surface area contributed by atoms with Gasteiger partial charge in [0.1, 0.15) is 6.04 Å². The molecule has 5 heteroatoms. The second-order valence-corrected chi connectivity index (χ2v) is 7.09. The molecular formula is C21H25N2O3. The van der Waals surface area contributed by atoms with Gasteiger partial charge in [0.2, 0.25) is 5.91 Å². The first-order valence-corrected chi connectivity index (χ1v) is 8.87. The van der Waals surface area contributed by atoms with Crippen molar-refractivity contribution in [3.63, 3.8) is 0 Å². The molecule has 2 atom stereocenters. The first kappa shape index (κ1) is 18.9. The van der Waals surface area contributed by atoms with E-state index in [1.165, 1.54) is 7.11 Å². The van der Waals surface area contributed by atoms with Crippen LogP contribution in [0, 0.1) is 44.4 Å². The molecule has 1 aromatic rings. The number of hydrogen-bond donors (Lipinski definition) is 0. The number of anilines is 1. The number of benzene rings is 1. The van der Waals surface area contributed by atoms with Crippen LogP contribution in [0.3, 0.4) is 0 Å². The zero-order valence-corrected chi connectivity index (χ0v) is 15.7. The number of rotatable bonds is 5. The van der Waals surface area contributed by atoms with Crippen molar-refractivity contribution in [1.82, 2.24) is 4.90 Å². The maximum Gasteiger partial charge on any atom is 0.323 e. The molecule has 1 heterocycles. The molecule has 0 spiro atoms. The van der Waals surface area contributed by atoms with Crippen LogP contribution < -0.4 is 4.90 Å². The van der Waals surface area contributed by atoms with E-state index in [4.69, 9.17) is 4.74 Å². The van der Waals surface area contributed by atoms with Crippen molar-refractivity contribution in [2.75, 3.05) is 18.7 Å². The Labute approximate surface area is 156 Å². The Morgan fingerprint density at radius 2 is 1.77 bits per heavy atom. The fourth-order valence-electron chi connectivity index (χ4n) is 3.60. The highest BCUT2D eigenvalue weighted by molar-refractivity contribution is 6.02. The van der Waals surface area contributed by atoms with Crippen LogP contribution in [0.4, 0.5) is 5.69 Å². The average molecular weight is 353 g/mol. The lowest BCUT2D eigenvalue weighted by Gasteiger charge is -2.33. The lowest BCUT2D eigenvalue weighted by molar-refractivity contribution is -0.149. The topological polar surface area (TPSA) is 49.9 Å². The molecule has 1 aliphatic heterocycles. The van der Waals surface area contributed by atoms with Crippen molar-refractivity contribution in [3.05, 3.63) is 61.4 Å². The highest BCUT2D eigenvalue weighted by Gasteiger charge is 2.49. The molecule has 0 aromatic heterocycles. The van der Waals surface area contributed by atoms with Gasteiger partial charge in [-0.15, -0.1) is 0 Å². The summed E-state index contributed by atoms with van der Waals surface area (Å²) in [4.78, 5) is 29.4. The number of methoxy groups -OCH3 is 1. The number of aryl methyl sites for hydroxylation is 1. The van der Waals surface area contributed by atoms with Gasteiger partial charge in [-0.25, -0.2) is 0 Å². The molecule has 1 amide bonds. The van der Waals surface area contributed by atoms with Crippen LogP contribution in [0.15, 0.2) is 24.3 Å². The minimum absolute atomic E-state index is 0.0189. The van der Waals surface area contributed by atoms with Crippen LogP contribution in [-0.2, 0) is 14.3 Å². The Morgan fingerprint density at radius 1 is 1.15 bits per heavy atom. The smallest absolute Gasteiger partial charge is 0.323 e. The lowest BCUT2D eigenvalue weighted by atomic mass is 9.93. The predicted octanol–water partition coefficient (Wildman–Crippen LogP) is 2.57. The van der Waals surface area contributed by atoms with Gasteiger partial charge in [-0.1, -0.05) is 31.5 Å². The third kappa shape index (κ3) is 3.50. The summed E-state index contributed by atoms with van der Waals surface area (Å²) in [6.45, 7) is 6.32. The van der Waals surface area contributed by atoms with E-state index in [0.717, 1.165) is 17.2 Å². The van der Waals surface area contributed by atoms with E-state index in [0.29, 0.717) is 6.67 Å². The minimum atomic E-state index is -0.488. The first-order valence-electron chi connectivity index (χ1n) is 8.87. The van der Waals surface area contributed by atoms with Crippen LogP contribution >= 0.6 is 0 Å². The summed E-state index contributed by atoms with van der Waals surface area (Å²) in [5.41, 5.74) is 1.98. The molecule has 0 unspecified atom stereocenters. The number of esters is 1. The molecule has 3 rings (SSSR count). The third-order valence-corrected chi connectivity index (χ3v) is 4.92. The molecule has 137 valence electrons. The zero-order chi connectivity index (χ0) is 18.8. The van der Waals surface area contributed by atoms with Crippen molar-refractivity contribution in [3.8, 4) is 0 Å². The Morgan fingerprint density at radius 3 is 2.31 bits per heavy atom. The number of hydrogen-bond acceptors (Lipinski definition) is 4. The average Bonchev–Trinajstić information content (AvgIpc) is 3.23. The van der Waals surface area contributed by atoms with Crippen LogP contribution in [0.25, 0.3) is 0 Å². The molecule has 1 aliphatic carbocycles. The Kier molecular flexibility index (Phi) is 5.66. The molecule has 2 fully saturated rings. The molecule has 1 saturated carbocycles. The number of nitrogens with zero attached hydrogens (tertiary/aromatic N) is 2. The van der Waals surface area contributed by atoms with Gasteiger partial charge in [0, 0.05) is 11.6 Å². The van der Waals surface area contributed by atoms with Gasteiger partial charge >= 0.3 is 5.97 Å². The zero-order valence-electron chi connectivity index (χ0n) is 15.7. The van der Waals surface area contributed by atoms with E-state index >= 15 is 0 Å². The molecule has 5 nitrogen and oxygen atoms in total. The lowest BCUT2D eigenvalue weighted by Crippen LogP contribution is -2.50. The summed E-state index contributed by atoms with van der Waals surface area (Å²) in [6.07, 6.45) is 7.70. The highest BCUT2D eigenvalue weighted by atomic mass is 16.5. The number of carbonyl (C=O) groups excluding carboxylic acids is 2. The van der Waals surface area contributed by atoms with E-state index in [1.807, 2.05) is 75.6 Å². The number of amides is 1. The van der Waals surface area contributed by atoms with Gasteiger partial charge in [0.15, 0.2) is 0 Å². The maximum atomic E-state index is 13.3. The molecular weight excluding hydrogens is 328 g/mol. The largest absolute Gasteiger partial charge is 0.468 e. The second-order valence-electron chi connectivity index (χ2n) is 7.09. The van der Waals surface area contributed by atoms with E-state index in [-0.39, 0.29) is 17.8 Å². The maximum absolute atomic E-state index is 13.3. The van der Waals surface area contributed by atoms with E-state index < -0.39 is 12.1 Å². The molecule has 2 aliphatic rings. The van der Waals surface area contributed by atoms with Crippen LogP contribution in [0.2, 0.25) is 0 Å². The van der Waals surface area contributed by atoms with E-state index in [1.54, 1.807) is 4.90 Å². The summed E-state index contributed by atoms with van der Waals surface area (Å²) in [7, 11) is 1.39. The summed E-state index contributed by atoms with van der Waals surface area (Å²) < 4.78 is 5.03. The van der Waals surface area contributed by atoms with Gasteiger partial charge in [-0.3, -0.25) is 19.4 Å². The molecule has 1 aromatic carbocycles. The Bertz CT molecular complexity index is 650. The molecule has 5 radical (unpaired) electrons. The van der Waals surface area contributed by atoms with E-state index in [2.05, 4.69) is 0 Å². The molecule has 26 heavy (non-hydrogen) atoms. The molecule has 0 N–H and O–H groups in total. The van der Waals surface area contributed by atoms with Gasteiger partial charge in [-0.05, 0) is 50.7 Å². The highest BCUT2D eigenvalue weighted by Crippen LogP contribution is 2.37. The normalized spacial score (nSPS) is 23.0. The van der Waals surface area contributed by atoms with Crippen molar-refractivity contribution in [1.29, 1.82) is 0 Å². The fraction of sp³-hybridized carbons (Fsp3) is 0.381. The Hall–Kier alpha value is -1.88. The van der Waals surface area contributed by atoms with Crippen LogP contribution in [0.1, 0.15) is 19.4 Å². The second kappa shape index (κ2) is 7.78. The van der Waals surface area contributed by atoms with Crippen LogP contribution in [-0.4, -0.2) is 42.6 Å². The number of carbonyl (C=O) groups is 2. The van der Waals surface area contributed by atoms with Crippen molar-refractivity contribution in [2.24, 2.45) is 5.92 Å². The van der Waals surface area contributed by atoms with Crippen LogP contribution in [0.5, 0.6) is 0 Å². The summed E-state index contributed by atoms with van der Waals surface area (Å²) in [5, 5.41) is 0. The molecule has 1 saturated heterocycles. The number of ether oxygens (including phenoxy) is 1. The van der Waals surface area contributed by atoms with Gasteiger partial charge < -0.3 is 4.74 Å². The Balaban J connectivity index is 1.95. The van der Waals surface area contributed by atoms with E-state index in [9.17, 15) is 9.59 Å². The first-order chi connectivity index (χ1) is 12.4. The fourth-order valence-corrected chi connectivity index (χ4v) is 3.60. The van der Waals surface area contributed by atoms with Gasteiger partial charge in [0.25, 0.3) is 0 Å². The summed E-state index contributed by atoms with van der Waals surface area (Å²) in [5.74, 6) is 0.592. The molecule has 0 bridgehead atoms. The summed E-state index contributed by atoms with van der Waals surface area (Å²) in [6, 6.07) is 6.89. The predicted molar refractivity (Wildman–Crippen MR) is 100 cm³/mol. The van der Waals surface area contributed by atoms with Gasteiger partial charge in [0.05, 0.1) is 19.8 Å².